The molecule has 20 heavy (non-hydrogen) atoms. The largest absolute Gasteiger partial charge is 0.339 e. The van der Waals surface area contributed by atoms with Crippen molar-refractivity contribution in [2.45, 2.75) is 25.8 Å². The van der Waals surface area contributed by atoms with E-state index in [1.807, 2.05) is 24.0 Å². The lowest BCUT2D eigenvalue weighted by molar-refractivity contribution is 0.0681. The van der Waals surface area contributed by atoms with E-state index in [1.165, 1.54) is 0 Å². The normalized spacial score (nSPS) is 17.5. The lowest BCUT2D eigenvalue weighted by atomic mass is 9.90. The average molecular weight is 382 g/mol. The molecule has 1 aromatic carbocycles. The van der Waals surface area contributed by atoms with E-state index in [0.29, 0.717) is 16.5 Å². The van der Waals surface area contributed by atoms with Crippen molar-refractivity contribution in [1.82, 2.24) is 4.90 Å². The molecule has 1 amide bonds. The molecule has 1 aliphatic rings. The third-order valence-electron chi connectivity index (χ3n) is 3.75. The summed E-state index contributed by atoms with van der Waals surface area (Å²) in [5.41, 5.74) is 6.48. The Morgan fingerprint density at radius 1 is 1.45 bits per heavy atom. The fraction of sp³-hybridized carbons (Fsp3) is 0.500. The monoisotopic (exact) mass is 380 g/mol. The van der Waals surface area contributed by atoms with Crippen molar-refractivity contribution >= 4 is 45.8 Å². The molecule has 6 heteroatoms. The van der Waals surface area contributed by atoms with Crippen LogP contribution in [-0.4, -0.2) is 29.9 Å². The van der Waals surface area contributed by atoms with Gasteiger partial charge in [-0.3, -0.25) is 4.79 Å². The van der Waals surface area contributed by atoms with Gasteiger partial charge in [0.25, 0.3) is 5.91 Å². The summed E-state index contributed by atoms with van der Waals surface area (Å²) in [6.07, 6.45) is 1.93. The van der Waals surface area contributed by atoms with Crippen LogP contribution in [0, 0.1) is 5.92 Å². The second kappa shape index (κ2) is 7.64. The third kappa shape index (κ3) is 3.88. The van der Waals surface area contributed by atoms with E-state index in [0.717, 1.165) is 30.4 Å². The van der Waals surface area contributed by atoms with Gasteiger partial charge in [-0.25, -0.2) is 0 Å². The van der Waals surface area contributed by atoms with Crippen LogP contribution in [0.15, 0.2) is 22.7 Å². The Kier molecular flexibility index (Phi) is 6.79. The van der Waals surface area contributed by atoms with E-state index in [9.17, 15) is 4.79 Å². The standard InChI is InChI=1S/C14H18BrClN2O.ClH/c1-9(17)10-5-7-18(8-6-10)14(19)11-3-2-4-12(15)13(11)16;/h2-4,9-10H,5-8,17H2,1H3;1H. The van der Waals surface area contributed by atoms with Crippen molar-refractivity contribution in [3.8, 4) is 0 Å². The number of hydrogen-bond donors (Lipinski definition) is 1. The van der Waals surface area contributed by atoms with E-state index < -0.39 is 0 Å². The Bertz CT molecular complexity index is 474. The molecule has 1 saturated heterocycles. The van der Waals surface area contributed by atoms with Crippen molar-refractivity contribution in [3.05, 3.63) is 33.3 Å². The SMILES string of the molecule is CC(N)C1CCN(C(=O)c2cccc(Br)c2Cl)CC1.Cl. The van der Waals surface area contributed by atoms with Crippen LogP contribution < -0.4 is 5.73 Å². The molecule has 1 aromatic rings. The first kappa shape index (κ1) is 17.8. The first-order valence-corrected chi connectivity index (χ1v) is 7.66. The summed E-state index contributed by atoms with van der Waals surface area (Å²) in [5, 5.41) is 0.488. The number of carbonyl (C=O) groups is 1. The van der Waals surface area contributed by atoms with Crippen LogP contribution in [0.5, 0.6) is 0 Å². The number of hydrogen-bond acceptors (Lipinski definition) is 2. The molecule has 2 N–H and O–H groups in total. The number of halogens is 3. The molecule has 3 nitrogen and oxygen atoms in total. The smallest absolute Gasteiger partial charge is 0.255 e. The maximum atomic E-state index is 12.4. The third-order valence-corrected chi connectivity index (χ3v) is 5.05. The van der Waals surface area contributed by atoms with Crippen LogP contribution >= 0.6 is 39.9 Å². The number of amides is 1. The molecular formula is C14H19BrCl2N2O. The van der Waals surface area contributed by atoms with Crippen molar-refractivity contribution < 1.29 is 4.79 Å². The Morgan fingerprint density at radius 2 is 2.05 bits per heavy atom. The summed E-state index contributed by atoms with van der Waals surface area (Å²) in [6, 6.07) is 5.64. The first-order chi connectivity index (χ1) is 9.00. The molecule has 0 saturated carbocycles. The highest BCUT2D eigenvalue weighted by Crippen LogP contribution is 2.28. The van der Waals surface area contributed by atoms with Gasteiger partial charge in [0.2, 0.25) is 0 Å². The summed E-state index contributed by atoms with van der Waals surface area (Å²) < 4.78 is 0.755. The highest BCUT2D eigenvalue weighted by molar-refractivity contribution is 9.10. The quantitative estimate of drug-likeness (QED) is 0.848. The van der Waals surface area contributed by atoms with Gasteiger partial charge in [-0.15, -0.1) is 12.4 Å². The van der Waals surface area contributed by atoms with Gasteiger partial charge in [0.1, 0.15) is 0 Å². The molecule has 0 radical (unpaired) electrons. The van der Waals surface area contributed by atoms with Gasteiger partial charge in [-0.05, 0) is 53.7 Å². The summed E-state index contributed by atoms with van der Waals surface area (Å²) in [5.74, 6) is 0.524. The van der Waals surface area contributed by atoms with Gasteiger partial charge in [-0.1, -0.05) is 17.7 Å². The van der Waals surface area contributed by atoms with Crippen molar-refractivity contribution in [2.24, 2.45) is 11.7 Å². The van der Waals surface area contributed by atoms with Crippen LogP contribution in [0.2, 0.25) is 5.02 Å². The van der Waals surface area contributed by atoms with Crippen LogP contribution in [0.3, 0.4) is 0 Å². The van der Waals surface area contributed by atoms with Crippen molar-refractivity contribution in [2.75, 3.05) is 13.1 Å². The lowest BCUT2D eigenvalue weighted by Crippen LogP contribution is -2.42. The molecule has 0 spiro atoms. The van der Waals surface area contributed by atoms with E-state index in [-0.39, 0.29) is 24.4 Å². The van der Waals surface area contributed by atoms with Gasteiger partial charge in [0, 0.05) is 23.6 Å². The van der Waals surface area contributed by atoms with Gasteiger partial charge in [0.05, 0.1) is 10.6 Å². The zero-order chi connectivity index (χ0) is 14.0. The predicted octanol–water partition coefficient (Wildman–Crippen LogP) is 3.72. The minimum atomic E-state index is 0. The zero-order valence-corrected chi connectivity index (χ0v) is 14.5. The summed E-state index contributed by atoms with van der Waals surface area (Å²) in [7, 11) is 0. The summed E-state index contributed by atoms with van der Waals surface area (Å²) in [6.45, 7) is 3.55. The number of benzene rings is 1. The van der Waals surface area contributed by atoms with Crippen LogP contribution in [0.4, 0.5) is 0 Å². The van der Waals surface area contributed by atoms with E-state index in [2.05, 4.69) is 15.9 Å². The molecule has 1 atom stereocenters. The topological polar surface area (TPSA) is 46.3 Å². The molecule has 112 valence electrons. The highest BCUT2D eigenvalue weighted by Gasteiger charge is 2.26. The Morgan fingerprint density at radius 3 is 2.60 bits per heavy atom. The molecule has 0 bridgehead atoms. The Labute approximate surface area is 139 Å². The van der Waals surface area contributed by atoms with Gasteiger partial charge < -0.3 is 10.6 Å². The first-order valence-electron chi connectivity index (χ1n) is 6.49. The fourth-order valence-corrected chi connectivity index (χ4v) is 3.04. The van der Waals surface area contributed by atoms with E-state index >= 15 is 0 Å². The van der Waals surface area contributed by atoms with Gasteiger partial charge in [0.15, 0.2) is 0 Å². The van der Waals surface area contributed by atoms with Crippen LogP contribution in [-0.2, 0) is 0 Å². The van der Waals surface area contributed by atoms with Gasteiger partial charge >= 0.3 is 0 Å². The minimum Gasteiger partial charge on any atom is -0.339 e. The van der Waals surface area contributed by atoms with Crippen molar-refractivity contribution in [1.29, 1.82) is 0 Å². The van der Waals surface area contributed by atoms with Crippen molar-refractivity contribution in [3.63, 3.8) is 0 Å². The van der Waals surface area contributed by atoms with Crippen LogP contribution in [0.1, 0.15) is 30.1 Å². The second-order valence-corrected chi connectivity index (χ2v) is 6.32. The molecule has 0 aromatic heterocycles. The molecule has 1 heterocycles. The van der Waals surface area contributed by atoms with Crippen LogP contribution in [0.25, 0.3) is 0 Å². The van der Waals surface area contributed by atoms with Gasteiger partial charge in [-0.2, -0.15) is 0 Å². The maximum absolute atomic E-state index is 12.4. The molecule has 0 aliphatic carbocycles. The highest BCUT2D eigenvalue weighted by atomic mass is 79.9. The summed E-state index contributed by atoms with van der Waals surface area (Å²) in [4.78, 5) is 14.3. The maximum Gasteiger partial charge on any atom is 0.255 e. The van der Waals surface area contributed by atoms with E-state index in [1.54, 1.807) is 6.07 Å². The average Bonchev–Trinajstić information content (AvgIpc) is 2.41. The van der Waals surface area contributed by atoms with E-state index in [4.69, 9.17) is 17.3 Å². The molecule has 2 rings (SSSR count). The number of rotatable bonds is 2. The Balaban J connectivity index is 0.00000200. The Hall–Kier alpha value is -0.290. The molecule has 1 unspecified atom stereocenters. The number of carbonyl (C=O) groups excluding carboxylic acids is 1. The molecule has 1 fully saturated rings. The number of nitrogens with zero attached hydrogens (tertiary/aromatic N) is 1. The summed E-state index contributed by atoms with van der Waals surface area (Å²) >= 11 is 9.52. The lowest BCUT2D eigenvalue weighted by Gasteiger charge is -2.34. The fourth-order valence-electron chi connectivity index (χ4n) is 2.47. The number of likely N-dealkylation sites (tertiary alicyclic amines) is 1. The zero-order valence-electron chi connectivity index (χ0n) is 11.3. The second-order valence-electron chi connectivity index (χ2n) is 5.09. The molecular weight excluding hydrogens is 363 g/mol. The molecule has 1 aliphatic heterocycles. The number of nitrogens with two attached hydrogens (primary N) is 1. The number of piperidine rings is 1. The predicted molar refractivity (Wildman–Crippen MR) is 88.7 cm³/mol. The minimum absolute atomic E-state index is 0.